The largest absolute Gasteiger partial charge is 0.508 e. The molecule has 0 saturated carbocycles. The summed E-state index contributed by atoms with van der Waals surface area (Å²) < 4.78 is 5.87. The van der Waals surface area contributed by atoms with Crippen LogP contribution in [0.25, 0.3) is 0 Å². The lowest BCUT2D eigenvalue weighted by atomic mass is 9.93. The molecular weight excluding hydrogens is 320 g/mol. The molecule has 0 amide bonds. The van der Waals surface area contributed by atoms with Crippen molar-refractivity contribution in [3.05, 3.63) is 65.2 Å². The summed E-state index contributed by atoms with van der Waals surface area (Å²) in [6.07, 6.45) is -0.895. The van der Waals surface area contributed by atoms with Gasteiger partial charge in [-0.05, 0) is 36.2 Å². The summed E-state index contributed by atoms with van der Waals surface area (Å²) in [4.78, 5) is 12.5. The Morgan fingerprint density at radius 2 is 1.96 bits per heavy atom. The molecule has 2 aromatic rings. The zero-order valence-electron chi connectivity index (χ0n) is 13.9. The van der Waals surface area contributed by atoms with Crippen molar-refractivity contribution in [2.75, 3.05) is 0 Å². The molecule has 5 heteroatoms. The Morgan fingerprint density at radius 3 is 2.60 bits per heavy atom. The summed E-state index contributed by atoms with van der Waals surface area (Å²) in [5.74, 6) is 0.341. The number of rotatable bonds is 4. The molecule has 0 spiro atoms. The first kappa shape index (κ1) is 17.0. The molecule has 2 aromatic carbocycles. The van der Waals surface area contributed by atoms with E-state index in [9.17, 15) is 20.1 Å². The third kappa shape index (κ3) is 3.51. The minimum atomic E-state index is -0.784. The zero-order chi connectivity index (χ0) is 18.1. The third-order valence-corrected chi connectivity index (χ3v) is 4.37. The maximum atomic E-state index is 12.5. The summed E-state index contributed by atoms with van der Waals surface area (Å²) in [7, 11) is 0. The van der Waals surface area contributed by atoms with Gasteiger partial charge in [0.2, 0.25) is 0 Å². The molecule has 1 aliphatic heterocycles. The molecule has 2 atom stereocenters. The molecular formula is C20H20O5. The predicted octanol–water partition coefficient (Wildman–Crippen LogP) is 3.28. The number of ketones is 1. The zero-order valence-corrected chi connectivity index (χ0v) is 13.9. The highest BCUT2D eigenvalue weighted by Gasteiger charge is 2.29. The van der Waals surface area contributed by atoms with E-state index < -0.39 is 12.2 Å². The summed E-state index contributed by atoms with van der Waals surface area (Å²) in [5.41, 5.74) is 2.25. The molecule has 0 aliphatic carbocycles. The summed E-state index contributed by atoms with van der Waals surface area (Å²) in [6.45, 7) is 5.40. The number of carbonyl (C=O) groups excluding carboxylic acids is 1. The Morgan fingerprint density at radius 1 is 1.28 bits per heavy atom. The number of aliphatic hydroxyl groups is 1. The van der Waals surface area contributed by atoms with E-state index in [0.29, 0.717) is 22.4 Å². The van der Waals surface area contributed by atoms with E-state index in [1.165, 1.54) is 18.2 Å². The van der Waals surface area contributed by atoms with Gasteiger partial charge in [0.1, 0.15) is 23.4 Å². The van der Waals surface area contributed by atoms with Crippen LogP contribution < -0.4 is 4.74 Å². The van der Waals surface area contributed by atoms with Gasteiger partial charge in [-0.3, -0.25) is 4.79 Å². The monoisotopic (exact) mass is 340 g/mol. The van der Waals surface area contributed by atoms with Crippen molar-refractivity contribution in [2.45, 2.75) is 32.0 Å². The van der Waals surface area contributed by atoms with Crippen LogP contribution >= 0.6 is 0 Å². The summed E-state index contributed by atoms with van der Waals surface area (Å²) >= 11 is 0. The lowest BCUT2D eigenvalue weighted by Gasteiger charge is -2.26. The molecule has 5 nitrogen and oxygen atoms in total. The Balaban J connectivity index is 1.89. The van der Waals surface area contributed by atoms with Gasteiger partial charge in [0.25, 0.3) is 0 Å². The van der Waals surface area contributed by atoms with Crippen LogP contribution in [0.2, 0.25) is 0 Å². The molecule has 0 bridgehead atoms. The number of benzene rings is 2. The first-order chi connectivity index (χ1) is 11.8. The minimum Gasteiger partial charge on any atom is -0.508 e. The van der Waals surface area contributed by atoms with Crippen molar-refractivity contribution >= 4 is 5.78 Å². The van der Waals surface area contributed by atoms with E-state index in [1.54, 1.807) is 25.1 Å². The van der Waals surface area contributed by atoms with Gasteiger partial charge in [-0.1, -0.05) is 24.3 Å². The second-order valence-electron chi connectivity index (χ2n) is 6.37. The van der Waals surface area contributed by atoms with E-state index >= 15 is 0 Å². The Hall–Kier alpha value is -2.79. The first-order valence-corrected chi connectivity index (χ1v) is 8.03. The average molecular weight is 340 g/mol. The fourth-order valence-corrected chi connectivity index (χ4v) is 2.82. The topological polar surface area (TPSA) is 87.0 Å². The van der Waals surface area contributed by atoms with Crippen molar-refractivity contribution in [2.24, 2.45) is 0 Å². The van der Waals surface area contributed by atoms with Crippen LogP contribution in [-0.2, 0) is 6.42 Å². The molecule has 0 saturated heterocycles. The average Bonchev–Trinajstić information content (AvgIpc) is 2.56. The lowest BCUT2D eigenvalue weighted by Crippen LogP contribution is -2.21. The van der Waals surface area contributed by atoms with Crippen LogP contribution in [0.3, 0.4) is 0 Å². The van der Waals surface area contributed by atoms with Gasteiger partial charge in [0.05, 0.1) is 18.1 Å². The van der Waals surface area contributed by atoms with Gasteiger partial charge in [-0.2, -0.15) is 0 Å². The van der Waals surface area contributed by atoms with E-state index in [2.05, 4.69) is 6.58 Å². The Kier molecular flexibility index (Phi) is 4.51. The SMILES string of the molecule is C=C(C)C(O)Cc1cc2c(cc1O)OC(c1ccc(O)cc1)CC2=O. The maximum absolute atomic E-state index is 12.5. The number of phenolic OH excluding ortho intramolecular Hbond substituents is 2. The predicted molar refractivity (Wildman–Crippen MR) is 93.1 cm³/mol. The molecule has 1 aliphatic rings. The Labute approximate surface area is 145 Å². The van der Waals surface area contributed by atoms with Crippen LogP contribution in [0, 0.1) is 0 Å². The number of carbonyl (C=O) groups is 1. The molecule has 3 rings (SSSR count). The van der Waals surface area contributed by atoms with E-state index in [1.807, 2.05) is 0 Å². The Bertz CT molecular complexity index is 823. The van der Waals surface area contributed by atoms with E-state index in [0.717, 1.165) is 5.56 Å². The van der Waals surface area contributed by atoms with E-state index in [4.69, 9.17) is 4.74 Å². The molecule has 1 heterocycles. The van der Waals surface area contributed by atoms with Crippen molar-refractivity contribution in [3.63, 3.8) is 0 Å². The number of fused-ring (bicyclic) bond motifs is 1. The van der Waals surface area contributed by atoms with Gasteiger partial charge in [-0.15, -0.1) is 0 Å². The molecule has 0 fully saturated rings. The normalized spacial score (nSPS) is 17.5. The maximum Gasteiger partial charge on any atom is 0.170 e. The van der Waals surface area contributed by atoms with Crippen molar-refractivity contribution in [3.8, 4) is 17.2 Å². The number of hydrogen-bond donors (Lipinski definition) is 3. The number of Topliss-reactive ketones (excluding diaryl/α,β-unsaturated/α-hetero) is 1. The van der Waals surface area contributed by atoms with Crippen LogP contribution in [0.15, 0.2) is 48.6 Å². The quantitative estimate of drug-likeness (QED) is 0.744. The lowest BCUT2D eigenvalue weighted by molar-refractivity contribution is 0.0849. The molecule has 2 unspecified atom stereocenters. The van der Waals surface area contributed by atoms with Gasteiger partial charge < -0.3 is 20.1 Å². The second-order valence-corrected chi connectivity index (χ2v) is 6.37. The molecule has 130 valence electrons. The van der Waals surface area contributed by atoms with Crippen LogP contribution in [0.5, 0.6) is 17.2 Å². The van der Waals surface area contributed by atoms with Gasteiger partial charge in [-0.25, -0.2) is 0 Å². The fourth-order valence-electron chi connectivity index (χ4n) is 2.82. The van der Waals surface area contributed by atoms with Gasteiger partial charge in [0.15, 0.2) is 5.78 Å². The third-order valence-electron chi connectivity index (χ3n) is 4.37. The second kappa shape index (κ2) is 6.61. The van der Waals surface area contributed by atoms with Crippen LogP contribution in [0.1, 0.15) is 40.9 Å². The number of aliphatic hydroxyl groups excluding tert-OH is 1. The standard InChI is InChI=1S/C20H20O5/c1-11(2)16(22)8-13-7-15-18(24)10-19(25-20(15)9-17(13)23)12-3-5-14(21)6-4-12/h3-7,9,16,19,21-23H,1,8,10H2,2H3. The van der Waals surface area contributed by atoms with E-state index in [-0.39, 0.29) is 30.1 Å². The molecule has 25 heavy (non-hydrogen) atoms. The van der Waals surface area contributed by atoms with Gasteiger partial charge >= 0.3 is 0 Å². The van der Waals surface area contributed by atoms with Crippen molar-refractivity contribution < 1.29 is 24.9 Å². The molecule has 0 aromatic heterocycles. The van der Waals surface area contributed by atoms with Crippen LogP contribution in [-0.4, -0.2) is 27.2 Å². The number of phenols is 2. The fraction of sp³-hybridized carbons (Fsp3) is 0.250. The summed E-state index contributed by atoms with van der Waals surface area (Å²) in [6, 6.07) is 9.48. The number of ether oxygens (including phenoxy) is 1. The molecule has 3 N–H and O–H groups in total. The van der Waals surface area contributed by atoms with Crippen LogP contribution in [0.4, 0.5) is 0 Å². The van der Waals surface area contributed by atoms with Gasteiger partial charge in [0, 0.05) is 12.5 Å². The smallest absolute Gasteiger partial charge is 0.170 e. The van der Waals surface area contributed by atoms with Crippen molar-refractivity contribution in [1.29, 1.82) is 0 Å². The number of hydrogen-bond acceptors (Lipinski definition) is 5. The highest BCUT2D eigenvalue weighted by Crippen LogP contribution is 2.39. The molecule has 0 radical (unpaired) electrons. The highest BCUT2D eigenvalue weighted by atomic mass is 16.5. The number of aromatic hydroxyl groups is 2. The highest BCUT2D eigenvalue weighted by molar-refractivity contribution is 6.00. The minimum absolute atomic E-state index is 0.0294. The van der Waals surface area contributed by atoms with Crippen molar-refractivity contribution in [1.82, 2.24) is 0 Å². The first-order valence-electron chi connectivity index (χ1n) is 8.03. The summed E-state index contributed by atoms with van der Waals surface area (Å²) in [5, 5.41) is 29.5.